The average molecular weight is 367 g/mol. The zero-order chi connectivity index (χ0) is 18.8. The topological polar surface area (TPSA) is 97.8 Å². The van der Waals surface area contributed by atoms with Crippen LogP contribution in [0.15, 0.2) is 46.8 Å². The summed E-state index contributed by atoms with van der Waals surface area (Å²) in [4.78, 5) is 26.9. The first-order valence-electron chi connectivity index (χ1n) is 9.04. The molecule has 27 heavy (non-hydrogen) atoms. The second-order valence-corrected chi connectivity index (χ2v) is 6.79. The van der Waals surface area contributed by atoms with Crippen LogP contribution in [0.2, 0.25) is 0 Å². The molecule has 3 N–H and O–H groups in total. The number of rotatable bonds is 4. The summed E-state index contributed by atoms with van der Waals surface area (Å²) in [5, 5.41) is 3.01. The number of hydrogen-bond donors (Lipinski definition) is 2. The number of nitrogens with two attached hydrogens (primary N) is 1. The van der Waals surface area contributed by atoms with Gasteiger partial charge in [0.15, 0.2) is 11.5 Å². The lowest BCUT2D eigenvalue weighted by Crippen LogP contribution is -2.46. The van der Waals surface area contributed by atoms with E-state index in [1.165, 1.54) is 17.2 Å². The molecule has 1 aromatic heterocycles. The van der Waals surface area contributed by atoms with Gasteiger partial charge in [-0.3, -0.25) is 14.5 Å². The number of ether oxygens (including phenoxy) is 1. The summed E-state index contributed by atoms with van der Waals surface area (Å²) in [6, 6.07) is 8.64. The number of hydrogen-bond acceptors (Lipinski definition) is 5. The highest BCUT2D eigenvalue weighted by Crippen LogP contribution is 2.37. The van der Waals surface area contributed by atoms with E-state index in [1.807, 2.05) is 0 Å². The Bertz CT molecular complexity index is 883. The first-order chi connectivity index (χ1) is 13.1. The molecule has 140 valence electrons. The molecule has 2 aliphatic rings. The summed E-state index contributed by atoms with van der Waals surface area (Å²) in [6.07, 6.45) is 7.24. The second kappa shape index (κ2) is 7.19. The van der Waals surface area contributed by atoms with E-state index < -0.39 is 5.91 Å². The minimum atomic E-state index is -0.398. The molecule has 0 bridgehead atoms. The van der Waals surface area contributed by atoms with Crippen LogP contribution in [-0.2, 0) is 9.59 Å². The molecular formula is C20H21N3O4. The molecule has 2 amide bonds. The monoisotopic (exact) mass is 367 g/mol. The highest BCUT2D eigenvalue weighted by molar-refractivity contribution is 6.12. The Morgan fingerprint density at radius 1 is 1.30 bits per heavy atom. The molecule has 0 radical (unpaired) electrons. The molecule has 1 aliphatic heterocycles. The highest BCUT2D eigenvalue weighted by atomic mass is 16.5. The molecule has 0 saturated heterocycles. The predicted molar refractivity (Wildman–Crippen MR) is 101 cm³/mol. The Kier molecular flexibility index (Phi) is 4.58. The van der Waals surface area contributed by atoms with Crippen LogP contribution in [-0.4, -0.2) is 24.4 Å². The molecule has 1 fully saturated rings. The maximum absolute atomic E-state index is 13.0. The van der Waals surface area contributed by atoms with Crippen molar-refractivity contribution >= 4 is 29.3 Å². The molecule has 1 aliphatic carbocycles. The van der Waals surface area contributed by atoms with Crippen LogP contribution in [0.3, 0.4) is 0 Å². The summed E-state index contributed by atoms with van der Waals surface area (Å²) in [6.45, 7) is -0.0783. The van der Waals surface area contributed by atoms with E-state index in [9.17, 15) is 9.59 Å². The first-order valence-corrected chi connectivity index (χ1v) is 9.04. The van der Waals surface area contributed by atoms with Gasteiger partial charge in [0.1, 0.15) is 12.3 Å². The molecule has 1 aromatic carbocycles. The molecule has 4 rings (SSSR count). The number of nitrogen functional groups attached to an aromatic ring is 1. The van der Waals surface area contributed by atoms with Gasteiger partial charge in [-0.15, -0.1) is 0 Å². The van der Waals surface area contributed by atoms with Crippen molar-refractivity contribution in [2.75, 3.05) is 17.2 Å². The maximum atomic E-state index is 13.0. The summed E-state index contributed by atoms with van der Waals surface area (Å²) in [5.41, 5.74) is 6.88. The Morgan fingerprint density at radius 3 is 2.85 bits per heavy atom. The zero-order valence-electron chi connectivity index (χ0n) is 14.8. The van der Waals surface area contributed by atoms with E-state index in [-0.39, 0.29) is 24.3 Å². The number of nitrogens with zero attached hydrogens (tertiary/aromatic N) is 1. The molecule has 7 heteroatoms. The van der Waals surface area contributed by atoms with Crippen molar-refractivity contribution in [3.63, 3.8) is 0 Å². The molecule has 1 saturated carbocycles. The standard InChI is InChI=1S/C20H21N3O4/c21-13-7-8-16-17(10-13)27-18(11-15-6-3-9-26-15)20(25)23(16)12-19(24)22-14-4-1-2-5-14/h3,6-11,14H,1-2,4-5,12,21H2,(H,22,24)/b18-11+. The number of carbonyl (C=O) groups is 2. The SMILES string of the molecule is Nc1ccc2c(c1)O/C(=C/c1ccco1)C(=O)N2CC(=O)NC1CCCC1. The third kappa shape index (κ3) is 3.67. The molecule has 7 nitrogen and oxygen atoms in total. The van der Waals surface area contributed by atoms with Gasteiger partial charge in [-0.25, -0.2) is 0 Å². The minimum Gasteiger partial charge on any atom is -0.465 e. The lowest BCUT2D eigenvalue weighted by molar-refractivity contribution is -0.123. The summed E-state index contributed by atoms with van der Waals surface area (Å²) >= 11 is 0. The van der Waals surface area contributed by atoms with Gasteiger partial charge >= 0.3 is 0 Å². The van der Waals surface area contributed by atoms with Crippen molar-refractivity contribution in [1.82, 2.24) is 5.32 Å². The van der Waals surface area contributed by atoms with E-state index in [2.05, 4.69) is 5.32 Å². The van der Waals surface area contributed by atoms with Gasteiger partial charge in [-0.1, -0.05) is 12.8 Å². The molecular weight excluding hydrogens is 346 g/mol. The number of fused-ring (bicyclic) bond motifs is 1. The highest BCUT2D eigenvalue weighted by Gasteiger charge is 2.32. The Hall–Kier alpha value is -3.22. The number of nitrogens with one attached hydrogen (secondary N) is 1. The smallest absolute Gasteiger partial charge is 0.294 e. The minimum absolute atomic E-state index is 0.0783. The number of carbonyl (C=O) groups excluding carboxylic acids is 2. The normalized spacial score (nSPS) is 18.4. The van der Waals surface area contributed by atoms with Crippen molar-refractivity contribution in [2.24, 2.45) is 0 Å². The van der Waals surface area contributed by atoms with Gasteiger partial charge in [-0.05, 0) is 37.1 Å². The number of benzene rings is 1. The fraction of sp³-hybridized carbons (Fsp3) is 0.300. The third-order valence-corrected chi connectivity index (χ3v) is 4.79. The van der Waals surface area contributed by atoms with Gasteiger partial charge in [0.05, 0.1) is 12.0 Å². The largest absolute Gasteiger partial charge is 0.465 e. The number of anilines is 2. The van der Waals surface area contributed by atoms with Crippen LogP contribution in [0.4, 0.5) is 11.4 Å². The molecule has 2 aromatic rings. The van der Waals surface area contributed by atoms with Gasteiger partial charge in [0, 0.05) is 23.9 Å². The van der Waals surface area contributed by atoms with E-state index in [1.54, 1.807) is 30.3 Å². The van der Waals surface area contributed by atoms with Crippen molar-refractivity contribution in [3.05, 3.63) is 48.1 Å². The van der Waals surface area contributed by atoms with Crippen LogP contribution in [0, 0.1) is 0 Å². The van der Waals surface area contributed by atoms with Gasteiger partial charge in [0.25, 0.3) is 5.91 Å². The maximum Gasteiger partial charge on any atom is 0.294 e. The first kappa shape index (κ1) is 17.2. The van der Waals surface area contributed by atoms with E-state index in [0.717, 1.165) is 25.7 Å². The van der Waals surface area contributed by atoms with Crippen molar-refractivity contribution in [1.29, 1.82) is 0 Å². The van der Waals surface area contributed by atoms with Crippen molar-refractivity contribution in [2.45, 2.75) is 31.7 Å². The lowest BCUT2D eigenvalue weighted by atomic mass is 10.1. The van der Waals surface area contributed by atoms with E-state index >= 15 is 0 Å². The van der Waals surface area contributed by atoms with Crippen LogP contribution in [0.25, 0.3) is 6.08 Å². The summed E-state index contributed by atoms with van der Waals surface area (Å²) < 4.78 is 11.0. The van der Waals surface area contributed by atoms with Crippen LogP contribution >= 0.6 is 0 Å². The second-order valence-electron chi connectivity index (χ2n) is 6.79. The quantitative estimate of drug-likeness (QED) is 0.640. The average Bonchev–Trinajstić information content (AvgIpc) is 3.32. The summed E-state index contributed by atoms with van der Waals surface area (Å²) in [5.74, 6) is 0.418. The number of furan rings is 1. The number of amides is 2. The molecule has 0 atom stereocenters. The van der Waals surface area contributed by atoms with Crippen LogP contribution in [0.5, 0.6) is 5.75 Å². The van der Waals surface area contributed by atoms with E-state index in [0.29, 0.717) is 22.9 Å². The van der Waals surface area contributed by atoms with Crippen LogP contribution in [0.1, 0.15) is 31.4 Å². The van der Waals surface area contributed by atoms with Gasteiger partial charge < -0.3 is 20.2 Å². The van der Waals surface area contributed by atoms with Crippen LogP contribution < -0.4 is 20.7 Å². The Labute approximate surface area is 156 Å². The zero-order valence-corrected chi connectivity index (χ0v) is 14.8. The molecule has 0 unspecified atom stereocenters. The summed E-state index contributed by atoms with van der Waals surface area (Å²) in [7, 11) is 0. The van der Waals surface area contributed by atoms with Gasteiger partial charge in [-0.2, -0.15) is 0 Å². The fourth-order valence-electron chi connectivity index (χ4n) is 3.48. The fourth-order valence-corrected chi connectivity index (χ4v) is 3.48. The van der Waals surface area contributed by atoms with E-state index in [4.69, 9.17) is 14.9 Å². The van der Waals surface area contributed by atoms with Crippen molar-refractivity contribution < 1.29 is 18.7 Å². The third-order valence-electron chi connectivity index (χ3n) is 4.79. The lowest BCUT2D eigenvalue weighted by Gasteiger charge is -2.30. The Balaban J connectivity index is 1.61. The Morgan fingerprint density at radius 2 is 2.11 bits per heavy atom. The van der Waals surface area contributed by atoms with Gasteiger partial charge in [0.2, 0.25) is 5.91 Å². The predicted octanol–water partition coefficient (Wildman–Crippen LogP) is 2.69. The molecule has 0 spiro atoms. The van der Waals surface area contributed by atoms with Crippen molar-refractivity contribution in [3.8, 4) is 5.75 Å². The molecule has 2 heterocycles.